The van der Waals surface area contributed by atoms with Gasteiger partial charge in [-0.25, -0.2) is 0 Å². The van der Waals surface area contributed by atoms with Gasteiger partial charge in [0.2, 0.25) is 0 Å². The molecule has 0 spiro atoms. The Bertz CT molecular complexity index is 796. The zero-order valence-corrected chi connectivity index (χ0v) is 15.9. The van der Waals surface area contributed by atoms with Gasteiger partial charge in [0.15, 0.2) is 0 Å². The van der Waals surface area contributed by atoms with Gasteiger partial charge in [-0.05, 0) is 31.0 Å². The van der Waals surface area contributed by atoms with Crippen molar-refractivity contribution in [1.82, 2.24) is 5.32 Å². The number of ether oxygens (including phenoxy) is 1. The van der Waals surface area contributed by atoms with Crippen LogP contribution in [0.4, 0.5) is 0 Å². The lowest BCUT2D eigenvalue weighted by Gasteiger charge is -2.20. The van der Waals surface area contributed by atoms with Crippen LogP contribution in [0, 0.1) is 5.92 Å². The van der Waals surface area contributed by atoms with E-state index in [0.29, 0.717) is 23.6 Å². The summed E-state index contributed by atoms with van der Waals surface area (Å²) in [7, 11) is 0. The summed E-state index contributed by atoms with van der Waals surface area (Å²) in [4.78, 5) is 24.5. The SMILES string of the molecule is CC(Sc1ccccc1C(=O)NC[C@@H]1CCO[C@H]1c1ccccc1)C(=O)O. The number of carbonyl (C=O) groups is 2. The van der Waals surface area contributed by atoms with Crippen molar-refractivity contribution >= 4 is 23.6 Å². The summed E-state index contributed by atoms with van der Waals surface area (Å²) in [5.41, 5.74) is 1.63. The maximum atomic E-state index is 12.7. The number of hydrogen-bond acceptors (Lipinski definition) is 4. The Labute approximate surface area is 163 Å². The van der Waals surface area contributed by atoms with Gasteiger partial charge >= 0.3 is 5.97 Å². The Morgan fingerprint density at radius 1 is 1.19 bits per heavy atom. The smallest absolute Gasteiger partial charge is 0.316 e. The molecule has 0 bridgehead atoms. The van der Waals surface area contributed by atoms with Crippen LogP contribution in [0.5, 0.6) is 0 Å². The monoisotopic (exact) mass is 385 g/mol. The molecule has 1 aliphatic heterocycles. The van der Waals surface area contributed by atoms with E-state index in [1.807, 2.05) is 36.4 Å². The lowest BCUT2D eigenvalue weighted by Crippen LogP contribution is -2.31. The number of rotatable bonds is 7. The standard InChI is InChI=1S/C21H23NO4S/c1-14(21(24)25)27-18-10-6-5-9-17(18)20(23)22-13-16-11-12-26-19(16)15-7-3-2-4-8-15/h2-10,14,16,19H,11-13H2,1H3,(H,22,23)(H,24,25)/t14?,16-,19-/m0/s1. The van der Waals surface area contributed by atoms with Crippen LogP contribution in [0.2, 0.25) is 0 Å². The van der Waals surface area contributed by atoms with Gasteiger partial charge in [-0.15, -0.1) is 11.8 Å². The summed E-state index contributed by atoms with van der Waals surface area (Å²) >= 11 is 1.18. The number of hydrogen-bond donors (Lipinski definition) is 2. The Kier molecular flexibility index (Phi) is 6.53. The summed E-state index contributed by atoms with van der Waals surface area (Å²) in [6.07, 6.45) is 0.884. The van der Waals surface area contributed by atoms with E-state index in [0.717, 1.165) is 12.0 Å². The minimum atomic E-state index is -0.899. The summed E-state index contributed by atoms with van der Waals surface area (Å²) in [6.45, 7) is 2.82. The number of carboxylic acids is 1. The van der Waals surface area contributed by atoms with Crippen LogP contribution in [0.25, 0.3) is 0 Å². The van der Waals surface area contributed by atoms with Crippen LogP contribution < -0.4 is 5.32 Å². The molecule has 2 aromatic carbocycles. The summed E-state index contributed by atoms with van der Waals surface area (Å²) < 4.78 is 5.87. The van der Waals surface area contributed by atoms with Crippen LogP contribution in [-0.2, 0) is 9.53 Å². The van der Waals surface area contributed by atoms with Crippen LogP contribution in [-0.4, -0.2) is 35.4 Å². The average molecular weight is 385 g/mol. The molecule has 5 nitrogen and oxygen atoms in total. The van der Waals surface area contributed by atoms with Crippen molar-refractivity contribution in [3.05, 3.63) is 65.7 Å². The fraction of sp³-hybridized carbons (Fsp3) is 0.333. The van der Waals surface area contributed by atoms with E-state index < -0.39 is 11.2 Å². The van der Waals surface area contributed by atoms with Gasteiger partial charge in [0, 0.05) is 24.0 Å². The number of carboxylic acid groups (broad SMARTS) is 1. The number of benzene rings is 2. The Morgan fingerprint density at radius 3 is 2.63 bits per heavy atom. The quantitative estimate of drug-likeness (QED) is 0.710. The molecular weight excluding hydrogens is 362 g/mol. The molecule has 1 amide bonds. The highest BCUT2D eigenvalue weighted by atomic mass is 32.2. The second kappa shape index (κ2) is 9.06. The first-order valence-electron chi connectivity index (χ1n) is 8.99. The van der Waals surface area contributed by atoms with E-state index in [9.17, 15) is 9.59 Å². The molecule has 3 rings (SSSR count). The van der Waals surface area contributed by atoms with E-state index in [2.05, 4.69) is 5.32 Å². The normalized spacial score (nSPS) is 20.2. The van der Waals surface area contributed by atoms with Gasteiger partial charge in [-0.2, -0.15) is 0 Å². The number of carbonyl (C=O) groups excluding carboxylic acids is 1. The molecule has 0 aliphatic carbocycles. The third-order valence-electron chi connectivity index (χ3n) is 4.65. The molecule has 0 aromatic heterocycles. The third-order valence-corrected chi connectivity index (χ3v) is 5.82. The van der Waals surface area contributed by atoms with Crippen molar-refractivity contribution in [2.24, 2.45) is 5.92 Å². The van der Waals surface area contributed by atoms with E-state index in [-0.39, 0.29) is 17.9 Å². The van der Waals surface area contributed by atoms with E-state index in [4.69, 9.17) is 9.84 Å². The fourth-order valence-corrected chi connectivity index (χ4v) is 4.10. The predicted octanol–water partition coefficient (Wildman–Crippen LogP) is 3.76. The maximum Gasteiger partial charge on any atom is 0.316 e. The predicted molar refractivity (Wildman–Crippen MR) is 105 cm³/mol. The van der Waals surface area contributed by atoms with Crippen molar-refractivity contribution in [3.8, 4) is 0 Å². The lowest BCUT2D eigenvalue weighted by molar-refractivity contribution is -0.136. The lowest BCUT2D eigenvalue weighted by atomic mass is 9.95. The third kappa shape index (κ3) is 4.90. The minimum absolute atomic E-state index is 0.0110. The molecule has 0 saturated carbocycles. The topological polar surface area (TPSA) is 75.6 Å². The molecule has 6 heteroatoms. The van der Waals surface area contributed by atoms with E-state index >= 15 is 0 Å². The van der Waals surface area contributed by atoms with Crippen LogP contribution in [0.3, 0.4) is 0 Å². The highest BCUT2D eigenvalue weighted by Crippen LogP contribution is 2.34. The van der Waals surface area contributed by atoms with Gasteiger partial charge in [-0.1, -0.05) is 42.5 Å². The van der Waals surface area contributed by atoms with Gasteiger partial charge in [0.1, 0.15) is 5.25 Å². The van der Waals surface area contributed by atoms with Crippen LogP contribution in [0.15, 0.2) is 59.5 Å². The zero-order valence-electron chi connectivity index (χ0n) is 15.1. The maximum absolute atomic E-state index is 12.7. The molecule has 1 aliphatic rings. The van der Waals surface area contributed by atoms with Gasteiger partial charge in [-0.3, -0.25) is 9.59 Å². The molecule has 27 heavy (non-hydrogen) atoms. The second-order valence-electron chi connectivity index (χ2n) is 6.56. The Morgan fingerprint density at radius 2 is 1.89 bits per heavy atom. The average Bonchev–Trinajstić information content (AvgIpc) is 3.15. The molecule has 1 heterocycles. The van der Waals surface area contributed by atoms with Crippen molar-refractivity contribution in [2.75, 3.05) is 13.2 Å². The highest BCUT2D eigenvalue weighted by Gasteiger charge is 2.30. The molecule has 2 N–H and O–H groups in total. The molecule has 1 saturated heterocycles. The van der Waals surface area contributed by atoms with Crippen molar-refractivity contribution < 1.29 is 19.4 Å². The van der Waals surface area contributed by atoms with Crippen LogP contribution in [0.1, 0.15) is 35.4 Å². The molecule has 142 valence electrons. The summed E-state index contributed by atoms with van der Waals surface area (Å²) in [5, 5.41) is 11.5. The number of thioether (sulfide) groups is 1. The molecule has 3 atom stereocenters. The van der Waals surface area contributed by atoms with E-state index in [1.165, 1.54) is 11.8 Å². The van der Waals surface area contributed by atoms with Gasteiger partial charge in [0.25, 0.3) is 5.91 Å². The van der Waals surface area contributed by atoms with Crippen molar-refractivity contribution in [2.45, 2.75) is 29.6 Å². The zero-order chi connectivity index (χ0) is 19.2. The number of nitrogens with one attached hydrogen (secondary N) is 1. The minimum Gasteiger partial charge on any atom is -0.480 e. The highest BCUT2D eigenvalue weighted by molar-refractivity contribution is 8.00. The van der Waals surface area contributed by atoms with E-state index in [1.54, 1.807) is 25.1 Å². The van der Waals surface area contributed by atoms with Crippen LogP contribution >= 0.6 is 11.8 Å². The molecular formula is C21H23NO4S. The van der Waals surface area contributed by atoms with Crippen molar-refractivity contribution in [3.63, 3.8) is 0 Å². The fourth-order valence-electron chi connectivity index (χ4n) is 3.17. The first kappa shape index (κ1) is 19.5. The van der Waals surface area contributed by atoms with Crippen molar-refractivity contribution in [1.29, 1.82) is 0 Å². The molecule has 2 aromatic rings. The first-order valence-corrected chi connectivity index (χ1v) is 9.87. The Hall–Kier alpha value is -2.31. The summed E-state index contributed by atoms with van der Waals surface area (Å²) in [5.74, 6) is -0.868. The molecule has 0 radical (unpaired) electrons. The second-order valence-corrected chi connectivity index (χ2v) is 7.94. The number of aliphatic carboxylic acids is 1. The molecule has 1 fully saturated rings. The Balaban J connectivity index is 1.65. The van der Waals surface area contributed by atoms with Gasteiger partial charge in [0.05, 0.1) is 11.7 Å². The number of amides is 1. The largest absolute Gasteiger partial charge is 0.480 e. The first-order chi connectivity index (χ1) is 13.1. The van der Waals surface area contributed by atoms with Gasteiger partial charge < -0.3 is 15.2 Å². The summed E-state index contributed by atoms with van der Waals surface area (Å²) in [6, 6.07) is 17.2. The molecule has 1 unspecified atom stereocenters.